The molecule has 2 aromatic heterocycles. The molecule has 0 radical (unpaired) electrons. The second-order valence-corrected chi connectivity index (χ2v) is 5.21. The van der Waals surface area contributed by atoms with Gasteiger partial charge in [0, 0.05) is 13.6 Å². The van der Waals surface area contributed by atoms with Crippen LogP contribution in [0.3, 0.4) is 0 Å². The number of aromatic nitrogens is 6. The molecule has 0 aliphatic carbocycles. The highest BCUT2D eigenvalue weighted by molar-refractivity contribution is 7.98. The molecule has 1 N–H and O–H groups in total. The molecule has 0 spiro atoms. The summed E-state index contributed by atoms with van der Waals surface area (Å²) in [6, 6.07) is 0. The Hall–Kier alpha value is -1.12. The predicted octanol–water partition coefficient (Wildman–Crippen LogP) is 0.962. The lowest BCUT2D eigenvalue weighted by Crippen LogP contribution is -2.20. The number of hydrogen-bond acceptors (Lipinski definition) is 6. The molecule has 9 heteroatoms. The van der Waals surface area contributed by atoms with E-state index in [-0.39, 0.29) is 0 Å². The molecule has 104 valence electrons. The van der Waals surface area contributed by atoms with Crippen molar-refractivity contribution in [3.63, 3.8) is 0 Å². The van der Waals surface area contributed by atoms with Crippen molar-refractivity contribution in [2.24, 2.45) is 7.05 Å². The fraction of sp³-hybridized carbons (Fsp3) is 0.600. The molecule has 0 saturated carbocycles. The highest BCUT2D eigenvalue weighted by atomic mass is 35.5. The molecule has 0 bridgehead atoms. The van der Waals surface area contributed by atoms with E-state index < -0.39 is 0 Å². The minimum absolute atomic E-state index is 0.627. The van der Waals surface area contributed by atoms with Crippen molar-refractivity contribution in [3.8, 4) is 0 Å². The van der Waals surface area contributed by atoms with Crippen molar-refractivity contribution in [1.82, 2.24) is 35.1 Å². The summed E-state index contributed by atoms with van der Waals surface area (Å²) in [4.78, 5) is 4.24. The van der Waals surface area contributed by atoms with E-state index in [1.54, 1.807) is 22.6 Å². The van der Waals surface area contributed by atoms with Gasteiger partial charge in [-0.1, -0.05) is 30.3 Å². The van der Waals surface area contributed by atoms with Crippen LogP contribution in [0.2, 0.25) is 5.15 Å². The molecule has 7 nitrogen and oxygen atoms in total. The molecule has 0 saturated heterocycles. The van der Waals surface area contributed by atoms with Crippen molar-refractivity contribution < 1.29 is 0 Å². The van der Waals surface area contributed by atoms with E-state index in [2.05, 4.69) is 32.7 Å². The number of rotatable bonds is 7. The number of nitrogens with zero attached hydrogens (tertiary/aromatic N) is 6. The summed E-state index contributed by atoms with van der Waals surface area (Å²) in [5.74, 6) is 1.58. The summed E-state index contributed by atoms with van der Waals surface area (Å²) >= 11 is 7.49. The molecule has 2 heterocycles. The van der Waals surface area contributed by atoms with Gasteiger partial charge in [-0.15, -0.1) is 5.10 Å². The lowest BCUT2D eigenvalue weighted by molar-refractivity contribution is 0.517. The van der Waals surface area contributed by atoms with E-state index in [1.807, 2.05) is 11.6 Å². The topological polar surface area (TPSA) is 73.5 Å². The van der Waals surface area contributed by atoms with Gasteiger partial charge in [-0.3, -0.25) is 0 Å². The maximum absolute atomic E-state index is 5.94. The summed E-state index contributed by atoms with van der Waals surface area (Å²) in [6.07, 6.45) is 1.64. The Morgan fingerprint density at radius 1 is 1.47 bits per heavy atom. The zero-order chi connectivity index (χ0) is 13.7. The number of halogens is 1. The number of thioether (sulfide) groups is 1. The normalized spacial score (nSPS) is 11.1. The molecule has 2 rings (SSSR count). The third-order valence-electron chi connectivity index (χ3n) is 2.61. The first-order valence-corrected chi connectivity index (χ1v) is 7.34. The van der Waals surface area contributed by atoms with Gasteiger partial charge in [0.25, 0.3) is 0 Å². The third-order valence-corrected chi connectivity index (χ3v) is 3.91. The maximum Gasteiger partial charge on any atom is 0.209 e. The van der Waals surface area contributed by atoms with Crippen molar-refractivity contribution >= 4 is 23.4 Å². The molecule has 0 atom stereocenters. The quantitative estimate of drug-likeness (QED) is 0.606. The zero-order valence-corrected chi connectivity index (χ0v) is 12.4. The van der Waals surface area contributed by atoms with Crippen LogP contribution in [-0.2, 0) is 19.3 Å². The van der Waals surface area contributed by atoms with Gasteiger partial charge in [-0.25, -0.2) is 9.67 Å². The predicted molar refractivity (Wildman–Crippen MR) is 74.1 cm³/mol. The van der Waals surface area contributed by atoms with E-state index in [0.717, 1.165) is 30.6 Å². The highest BCUT2D eigenvalue weighted by Crippen LogP contribution is 2.20. The van der Waals surface area contributed by atoms with Crippen LogP contribution >= 0.6 is 23.4 Å². The maximum atomic E-state index is 5.94. The summed E-state index contributed by atoms with van der Waals surface area (Å²) in [6.45, 7) is 4.62. The first-order chi connectivity index (χ1) is 9.22. The van der Waals surface area contributed by atoms with E-state index >= 15 is 0 Å². The lowest BCUT2D eigenvalue weighted by Gasteiger charge is -2.05. The van der Waals surface area contributed by atoms with Crippen LogP contribution in [-0.4, -0.2) is 42.8 Å². The second-order valence-electron chi connectivity index (χ2n) is 3.88. The molecule has 0 aliphatic heterocycles. The van der Waals surface area contributed by atoms with Crippen LogP contribution in [0.5, 0.6) is 0 Å². The van der Waals surface area contributed by atoms with E-state index in [4.69, 9.17) is 11.6 Å². The van der Waals surface area contributed by atoms with E-state index in [0.29, 0.717) is 10.9 Å². The summed E-state index contributed by atoms with van der Waals surface area (Å²) < 4.78 is 3.64. The second kappa shape index (κ2) is 6.88. The summed E-state index contributed by atoms with van der Waals surface area (Å²) in [7, 11) is 1.89. The lowest BCUT2D eigenvalue weighted by atomic mass is 10.6. The van der Waals surface area contributed by atoms with Crippen molar-refractivity contribution in [3.05, 3.63) is 17.2 Å². The standard InChI is InChI=1S/C10H16ClN7S/c1-3-12-4-5-18-10(14-15-16-18)19-7-9-13-6-8(11)17(9)2/h6,12H,3-5,7H2,1-2H3. The van der Waals surface area contributed by atoms with Gasteiger partial charge < -0.3 is 9.88 Å². The smallest absolute Gasteiger partial charge is 0.209 e. The average molecular weight is 302 g/mol. The summed E-state index contributed by atoms with van der Waals surface area (Å²) in [5, 5.41) is 16.3. The Morgan fingerprint density at radius 3 is 3.00 bits per heavy atom. The van der Waals surface area contributed by atoms with E-state index in [1.165, 1.54) is 0 Å². The first-order valence-electron chi connectivity index (χ1n) is 5.98. The number of hydrogen-bond donors (Lipinski definition) is 1. The van der Waals surface area contributed by atoms with Gasteiger partial charge in [-0.05, 0) is 17.0 Å². The van der Waals surface area contributed by atoms with Crippen molar-refractivity contribution in [1.29, 1.82) is 0 Å². The Kier molecular flexibility index (Phi) is 5.17. The minimum Gasteiger partial charge on any atom is -0.322 e. The molecular formula is C10H16ClN7S. The Balaban J connectivity index is 1.92. The van der Waals surface area contributed by atoms with Crippen LogP contribution in [0.25, 0.3) is 0 Å². The third kappa shape index (κ3) is 3.68. The largest absolute Gasteiger partial charge is 0.322 e. The van der Waals surface area contributed by atoms with Crippen LogP contribution in [0.15, 0.2) is 11.4 Å². The van der Waals surface area contributed by atoms with Crippen LogP contribution in [0.4, 0.5) is 0 Å². The fourth-order valence-electron chi connectivity index (χ4n) is 1.49. The molecular weight excluding hydrogens is 286 g/mol. The average Bonchev–Trinajstić information content (AvgIpc) is 2.97. The Labute approximate surface area is 120 Å². The van der Waals surface area contributed by atoms with Crippen molar-refractivity contribution in [2.75, 3.05) is 13.1 Å². The molecule has 0 unspecified atom stereocenters. The molecule has 0 aromatic carbocycles. The number of likely N-dealkylation sites (N-methyl/N-ethyl adjacent to an activating group) is 1. The Bertz CT molecular complexity index is 524. The first kappa shape index (κ1) is 14.3. The number of nitrogens with one attached hydrogen (secondary N) is 1. The van der Waals surface area contributed by atoms with E-state index in [9.17, 15) is 0 Å². The fourth-order valence-corrected chi connectivity index (χ4v) is 2.53. The van der Waals surface area contributed by atoms with Gasteiger partial charge in [0.2, 0.25) is 5.16 Å². The van der Waals surface area contributed by atoms with Gasteiger partial charge in [0.15, 0.2) is 0 Å². The molecule has 2 aromatic rings. The SMILES string of the molecule is CCNCCn1nnnc1SCc1ncc(Cl)n1C. The van der Waals surface area contributed by atoms with Gasteiger partial charge in [0.1, 0.15) is 11.0 Å². The molecule has 0 aliphatic rings. The highest BCUT2D eigenvalue weighted by Gasteiger charge is 2.10. The van der Waals surface area contributed by atoms with Crippen LogP contribution < -0.4 is 5.32 Å². The van der Waals surface area contributed by atoms with Crippen molar-refractivity contribution in [2.45, 2.75) is 24.4 Å². The zero-order valence-electron chi connectivity index (χ0n) is 10.9. The van der Waals surface area contributed by atoms with Gasteiger partial charge in [-0.2, -0.15) is 0 Å². The number of tetrazole rings is 1. The van der Waals surface area contributed by atoms with Crippen LogP contribution in [0.1, 0.15) is 12.7 Å². The Morgan fingerprint density at radius 2 is 2.32 bits per heavy atom. The van der Waals surface area contributed by atoms with Crippen LogP contribution in [0, 0.1) is 0 Å². The van der Waals surface area contributed by atoms with Gasteiger partial charge >= 0.3 is 0 Å². The monoisotopic (exact) mass is 301 g/mol. The number of imidazole rings is 1. The van der Waals surface area contributed by atoms with Gasteiger partial charge in [0.05, 0.1) is 18.5 Å². The molecule has 19 heavy (non-hydrogen) atoms. The minimum atomic E-state index is 0.627. The molecule has 0 fully saturated rings. The summed E-state index contributed by atoms with van der Waals surface area (Å²) in [5.41, 5.74) is 0. The molecule has 0 amide bonds.